The first-order valence-corrected chi connectivity index (χ1v) is 6.74. The van der Waals surface area contributed by atoms with E-state index < -0.39 is 6.03 Å². The zero-order chi connectivity index (χ0) is 15.9. The molecule has 0 heterocycles. The second kappa shape index (κ2) is 7.21. The molecule has 6 heteroatoms. The van der Waals surface area contributed by atoms with E-state index in [0.717, 1.165) is 5.56 Å². The molecule has 0 aliphatic heterocycles. The number of hydrazone groups is 1. The normalized spacial score (nSPS) is 11.1. The smallest absolute Gasteiger partial charge is 0.332 e. The van der Waals surface area contributed by atoms with Gasteiger partial charge >= 0.3 is 6.03 Å². The molecule has 0 aliphatic carbocycles. The van der Waals surface area contributed by atoms with Crippen LogP contribution in [0.5, 0.6) is 11.5 Å². The zero-order valence-electron chi connectivity index (χ0n) is 12.0. The summed E-state index contributed by atoms with van der Waals surface area (Å²) < 4.78 is 18.4. The number of halogens is 1. The SMILES string of the molecule is CC/C(=N/NC(N)=O)c1ccc(Oc2ccc(F)cc2)cc1. The van der Waals surface area contributed by atoms with E-state index in [1.54, 1.807) is 24.3 Å². The van der Waals surface area contributed by atoms with Crippen molar-refractivity contribution in [2.45, 2.75) is 13.3 Å². The molecule has 2 amide bonds. The van der Waals surface area contributed by atoms with E-state index in [-0.39, 0.29) is 5.82 Å². The maximum absolute atomic E-state index is 12.8. The lowest BCUT2D eigenvalue weighted by Crippen LogP contribution is -2.25. The number of nitrogens with two attached hydrogens (primary N) is 1. The van der Waals surface area contributed by atoms with Crippen LogP contribution in [0.1, 0.15) is 18.9 Å². The number of hydrogen-bond donors (Lipinski definition) is 2. The summed E-state index contributed by atoms with van der Waals surface area (Å²) in [5.41, 5.74) is 8.76. The predicted octanol–water partition coefficient (Wildman–Crippen LogP) is 3.40. The van der Waals surface area contributed by atoms with Crippen LogP contribution >= 0.6 is 0 Å². The fraction of sp³-hybridized carbons (Fsp3) is 0.125. The lowest BCUT2D eigenvalue weighted by atomic mass is 10.1. The number of carbonyl (C=O) groups excluding carboxylic acids is 1. The van der Waals surface area contributed by atoms with Crippen molar-refractivity contribution < 1.29 is 13.9 Å². The van der Waals surface area contributed by atoms with Gasteiger partial charge in [0.15, 0.2) is 0 Å². The van der Waals surface area contributed by atoms with Gasteiger partial charge in [-0.25, -0.2) is 14.6 Å². The number of carbonyl (C=O) groups is 1. The van der Waals surface area contributed by atoms with Crippen molar-refractivity contribution in [1.82, 2.24) is 5.43 Å². The number of ether oxygens (including phenoxy) is 1. The van der Waals surface area contributed by atoms with Crippen LogP contribution in [0.2, 0.25) is 0 Å². The Kier molecular flexibility index (Phi) is 5.08. The first kappa shape index (κ1) is 15.5. The van der Waals surface area contributed by atoms with Gasteiger partial charge in [0.05, 0.1) is 5.71 Å². The fourth-order valence-electron chi connectivity index (χ4n) is 1.82. The molecular weight excluding hydrogens is 285 g/mol. The number of amides is 2. The van der Waals surface area contributed by atoms with E-state index in [2.05, 4.69) is 10.5 Å². The maximum Gasteiger partial charge on any atom is 0.332 e. The predicted molar refractivity (Wildman–Crippen MR) is 82.5 cm³/mol. The highest BCUT2D eigenvalue weighted by atomic mass is 19.1. The highest BCUT2D eigenvalue weighted by molar-refractivity contribution is 6.00. The minimum absolute atomic E-state index is 0.312. The minimum Gasteiger partial charge on any atom is -0.457 e. The molecule has 5 nitrogen and oxygen atoms in total. The first-order chi connectivity index (χ1) is 10.6. The van der Waals surface area contributed by atoms with Crippen molar-refractivity contribution >= 4 is 11.7 Å². The van der Waals surface area contributed by atoms with Crippen LogP contribution in [0.4, 0.5) is 9.18 Å². The number of rotatable bonds is 5. The van der Waals surface area contributed by atoms with Gasteiger partial charge in [-0.05, 0) is 60.5 Å². The number of benzene rings is 2. The summed E-state index contributed by atoms with van der Waals surface area (Å²) in [6, 6.07) is 12.3. The Balaban J connectivity index is 2.10. The molecule has 22 heavy (non-hydrogen) atoms. The summed E-state index contributed by atoms with van der Waals surface area (Å²) in [4.78, 5) is 10.7. The maximum atomic E-state index is 12.8. The number of hydrogen-bond acceptors (Lipinski definition) is 3. The Bertz CT molecular complexity index is 667. The molecular formula is C16H16FN3O2. The summed E-state index contributed by atoms with van der Waals surface area (Å²) in [6.07, 6.45) is 0.637. The summed E-state index contributed by atoms with van der Waals surface area (Å²) in [5, 5.41) is 3.94. The number of nitrogens with one attached hydrogen (secondary N) is 1. The molecule has 2 aromatic carbocycles. The van der Waals surface area contributed by atoms with Gasteiger partial charge in [-0.15, -0.1) is 0 Å². The van der Waals surface area contributed by atoms with Gasteiger partial charge in [-0.3, -0.25) is 0 Å². The summed E-state index contributed by atoms with van der Waals surface area (Å²) in [5.74, 6) is 0.857. The molecule has 0 saturated carbocycles. The van der Waals surface area contributed by atoms with Crippen molar-refractivity contribution in [3.63, 3.8) is 0 Å². The molecule has 0 atom stereocenters. The largest absolute Gasteiger partial charge is 0.457 e. The van der Waals surface area contributed by atoms with E-state index in [4.69, 9.17) is 10.5 Å². The first-order valence-electron chi connectivity index (χ1n) is 6.74. The summed E-state index contributed by atoms with van der Waals surface area (Å²) >= 11 is 0. The molecule has 3 N–H and O–H groups in total. The number of nitrogens with zero attached hydrogens (tertiary/aromatic N) is 1. The van der Waals surface area contributed by atoms with Crippen LogP contribution in [0.25, 0.3) is 0 Å². The second-order valence-electron chi connectivity index (χ2n) is 4.47. The van der Waals surface area contributed by atoms with Crippen molar-refractivity contribution in [1.29, 1.82) is 0 Å². The monoisotopic (exact) mass is 301 g/mol. The molecule has 0 unspecified atom stereocenters. The standard InChI is InChI=1S/C16H16FN3O2/c1-2-15(19-20-16(18)21)11-3-7-13(8-4-11)22-14-9-5-12(17)6-10-14/h3-10H,2H2,1H3,(H3,18,20,21)/b19-15-. The molecule has 0 radical (unpaired) electrons. The quantitative estimate of drug-likeness (QED) is 0.656. The van der Waals surface area contributed by atoms with Crippen LogP contribution in [-0.2, 0) is 0 Å². The van der Waals surface area contributed by atoms with Gasteiger partial charge in [0, 0.05) is 0 Å². The van der Waals surface area contributed by atoms with Crippen LogP contribution in [0.15, 0.2) is 53.6 Å². The third-order valence-electron chi connectivity index (χ3n) is 2.87. The Morgan fingerprint density at radius 1 is 1.14 bits per heavy atom. The van der Waals surface area contributed by atoms with E-state index in [9.17, 15) is 9.18 Å². The van der Waals surface area contributed by atoms with Gasteiger partial charge in [-0.2, -0.15) is 5.10 Å². The van der Waals surface area contributed by atoms with E-state index in [1.807, 2.05) is 19.1 Å². The van der Waals surface area contributed by atoms with Crippen molar-refractivity contribution in [2.75, 3.05) is 0 Å². The Morgan fingerprint density at radius 3 is 2.18 bits per heavy atom. The van der Waals surface area contributed by atoms with Crippen LogP contribution in [0, 0.1) is 5.82 Å². The molecule has 2 aromatic rings. The Hall–Kier alpha value is -2.89. The molecule has 0 saturated heterocycles. The third kappa shape index (κ3) is 4.31. The average molecular weight is 301 g/mol. The van der Waals surface area contributed by atoms with Gasteiger partial charge < -0.3 is 10.5 Å². The molecule has 0 spiro atoms. The van der Waals surface area contributed by atoms with Crippen molar-refractivity contribution in [3.05, 3.63) is 59.9 Å². The summed E-state index contributed by atoms with van der Waals surface area (Å²) in [7, 11) is 0. The molecule has 0 aliphatic rings. The Morgan fingerprint density at radius 2 is 1.68 bits per heavy atom. The Labute approximate surface area is 127 Å². The van der Waals surface area contributed by atoms with Gasteiger partial charge in [-0.1, -0.05) is 6.92 Å². The molecule has 0 aromatic heterocycles. The highest BCUT2D eigenvalue weighted by Gasteiger charge is 2.04. The van der Waals surface area contributed by atoms with Gasteiger partial charge in [0.2, 0.25) is 0 Å². The lowest BCUT2D eigenvalue weighted by molar-refractivity contribution is 0.249. The van der Waals surface area contributed by atoms with Gasteiger partial charge in [0.1, 0.15) is 17.3 Å². The number of primary amides is 1. The van der Waals surface area contributed by atoms with Gasteiger partial charge in [0.25, 0.3) is 0 Å². The van der Waals surface area contributed by atoms with Crippen molar-refractivity contribution in [3.8, 4) is 11.5 Å². The van der Waals surface area contributed by atoms with Crippen molar-refractivity contribution in [2.24, 2.45) is 10.8 Å². The molecule has 0 bridgehead atoms. The van der Waals surface area contributed by atoms with E-state index in [0.29, 0.717) is 23.6 Å². The lowest BCUT2D eigenvalue weighted by Gasteiger charge is -2.08. The average Bonchev–Trinajstić information content (AvgIpc) is 2.51. The number of urea groups is 1. The van der Waals surface area contributed by atoms with E-state index >= 15 is 0 Å². The highest BCUT2D eigenvalue weighted by Crippen LogP contribution is 2.22. The topological polar surface area (TPSA) is 76.7 Å². The molecule has 0 fully saturated rings. The molecule has 114 valence electrons. The van der Waals surface area contributed by atoms with E-state index in [1.165, 1.54) is 12.1 Å². The molecule has 2 rings (SSSR count). The summed E-state index contributed by atoms with van der Waals surface area (Å²) in [6.45, 7) is 1.92. The minimum atomic E-state index is -0.706. The van der Waals surface area contributed by atoms with Crippen LogP contribution in [0.3, 0.4) is 0 Å². The van der Waals surface area contributed by atoms with Crippen LogP contribution in [-0.4, -0.2) is 11.7 Å². The second-order valence-corrected chi connectivity index (χ2v) is 4.47. The fourth-order valence-corrected chi connectivity index (χ4v) is 1.82. The zero-order valence-corrected chi connectivity index (χ0v) is 12.0. The van der Waals surface area contributed by atoms with Crippen LogP contribution < -0.4 is 15.9 Å². The third-order valence-corrected chi connectivity index (χ3v) is 2.87.